The number of rotatable bonds is 1. The van der Waals surface area contributed by atoms with Crippen LogP contribution in [-0.4, -0.2) is 16.9 Å². The van der Waals surface area contributed by atoms with Crippen LogP contribution in [0.3, 0.4) is 0 Å². The second-order valence-corrected chi connectivity index (χ2v) is 2.89. The van der Waals surface area contributed by atoms with Crippen molar-refractivity contribution >= 4 is 18.0 Å². The van der Waals surface area contributed by atoms with E-state index in [1.807, 2.05) is 0 Å². The van der Waals surface area contributed by atoms with Crippen LogP contribution in [0.25, 0.3) is 6.08 Å². The predicted molar refractivity (Wildman–Crippen MR) is 47.9 cm³/mol. The molecule has 1 fully saturated rings. The molecule has 70 valence electrons. The van der Waals surface area contributed by atoms with Gasteiger partial charge in [-0.15, -0.1) is 0 Å². The molecule has 2 rings (SSSR count). The molecule has 0 saturated carbocycles. The van der Waals surface area contributed by atoms with Gasteiger partial charge in [-0.25, -0.2) is 4.79 Å². The van der Waals surface area contributed by atoms with E-state index < -0.39 is 11.9 Å². The molecule has 1 aromatic heterocycles. The van der Waals surface area contributed by atoms with Gasteiger partial charge in [0.15, 0.2) is 0 Å². The van der Waals surface area contributed by atoms with Crippen molar-refractivity contribution in [1.82, 2.24) is 4.98 Å². The SMILES string of the molecule is O=C1C/C(=C\c2cccnc2)C(=O)O1. The molecular weight excluding hydrogens is 182 g/mol. The molecule has 2 heterocycles. The smallest absolute Gasteiger partial charge is 0.342 e. The molecular formula is C10H7NO3. The van der Waals surface area contributed by atoms with E-state index >= 15 is 0 Å². The molecule has 0 amide bonds. The van der Waals surface area contributed by atoms with Crippen molar-refractivity contribution in [3.8, 4) is 0 Å². The Morgan fingerprint density at radius 2 is 2.29 bits per heavy atom. The van der Waals surface area contributed by atoms with Gasteiger partial charge in [-0.3, -0.25) is 9.78 Å². The number of ether oxygens (including phenoxy) is 1. The number of carbonyl (C=O) groups is 2. The summed E-state index contributed by atoms with van der Waals surface area (Å²) in [6.45, 7) is 0. The highest BCUT2D eigenvalue weighted by Crippen LogP contribution is 2.17. The van der Waals surface area contributed by atoms with Gasteiger partial charge in [0.25, 0.3) is 0 Å². The average molecular weight is 189 g/mol. The Kier molecular flexibility index (Phi) is 2.10. The molecule has 1 aromatic rings. The lowest BCUT2D eigenvalue weighted by Gasteiger charge is -1.91. The van der Waals surface area contributed by atoms with Crippen LogP contribution in [0, 0.1) is 0 Å². The Morgan fingerprint density at radius 1 is 1.43 bits per heavy atom. The fraction of sp³-hybridized carbons (Fsp3) is 0.100. The van der Waals surface area contributed by atoms with Crippen LogP contribution in [0.2, 0.25) is 0 Å². The van der Waals surface area contributed by atoms with Crippen LogP contribution in [0.1, 0.15) is 12.0 Å². The quantitative estimate of drug-likeness (QED) is 0.374. The van der Waals surface area contributed by atoms with Gasteiger partial charge in [0.05, 0.1) is 6.42 Å². The van der Waals surface area contributed by atoms with E-state index in [0.29, 0.717) is 5.57 Å². The molecule has 4 nitrogen and oxygen atoms in total. The van der Waals surface area contributed by atoms with Gasteiger partial charge < -0.3 is 4.74 Å². The zero-order valence-corrected chi connectivity index (χ0v) is 7.27. The zero-order chi connectivity index (χ0) is 9.97. The second kappa shape index (κ2) is 3.41. The highest BCUT2D eigenvalue weighted by Gasteiger charge is 2.26. The molecule has 0 atom stereocenters. The summed E-state index contributed by atoms with van der Waals surface area (Å²) >= 11 is 0. The number of carbonyl (C=O) groups excluding carboxylic acids is 2. The summed E-state index contributed by atoms with van der Waals surface area (Å²) in [5, 5.41) is 0. The first-order chi connectivity index (χ1) is 6.75. The fourth-order valence-electron chi connectivity index (χ4n) is 1.21. The Bertz CT molecular complexity index is 409. The molecule has 0 unspecified atom stereocenters. The molecule has 14 heavy (non-hydrogen) atoms. The molecule has 0 bridgehead atoms. The normalized spacial score (nSPS) is 18.7. The molecule has 0 N–H and O–H groups in total. The van der Waals surface area contributed by atoms with Crippen molar-refractivity contribution in [3.05, 3.63) is 35.7 Å². The second-order valence-electron chi connectivity index (χ2n) is 2.89. The maximum absolute atomic E-state index is 11.1. The van der Waals surface area contributed by atoms with Crippen LogP contribution in [0.5, 0.6) is 0 Å². The van der Waals surface area contributed by atoms with Crippen molar-refractivity contribution in [3.63, 3.8) is 0 Å². The summed E-state index contributed by atoms with van der Waals surface area (Å²) in [4.78, 5) is 25.7. The van der Waals surface area contributed by atoms with Gasteiger partial charge in [0.2, 0.25) is 0 Å². The van der Waals surface area contributed by atoms with Crippen LogP contribution in [0.15, 0.2) is 30.1 Å². The zero-order valence-electron chi connectivity index (χ0n) is 7.27. The summed E-state index contributed by atoms with van der Waals surface area (Å²) in [6, 6.07) is 3.56. The standard InChI is InChI=1S/C10H7NO3/c12-9-5-8(10(13)14-9)4-7-2-1-3-11-6-7/h1-4,6H,5H2/b8-4+. The van der Waals surface area contributed by atoms with Gasteiger partial charge in [-0.2, -0.15) is 0 Å². The van der Waals surface area contributed by atoms with Gasteiger partial charge in [0, 0.05) is 18.0 Å². The number of esters is 2. The minimum absolute atomic E-state index is 0.0493. The minimum Gasteiger partial charge on any atom is -0.389 e. The molecule has 0 spiro atoms. The first kappa shape index (κ1) is 8.62. The Balaban J connectivity index is 2.28. The summed E-state index contributed by atoms with van der Waals surface area (Å²) < 4.78 is 4.38. The largest absolute Gasteiger partial charge is 0.389 e. The number of hydrogen-bond acceptors (Lipinski definition) is 4. The number of cyclic esters (lactones) is 2. The van der Waals surface area contributed by atoms with E-state index in [-0.39, 0.29) is 6.42 Å². The first-order valence-electron chi connectivity index (χ1n) is 4.11. The number of nitrogens with zero attached hydrogens (tertiary/aromatic N) is 1. The first-order valence-corrected chi connectivity index (χ1v) is 4.11. The lowest BCUT2D eigenvalue weighted by molar-refractivity contribution is -0.151. The number of aromatic nitrogens is 1. The fourth-order valence-corrected chi connectivity index (χ4v) is 1.21. The maximum atomic E-state index is 11.1. The van der Waals surface area contributed by atoms with Crippen LogP contribution >= 0.6 is 0 Å². The molecule has 0 radical (unpaired) electrons. The molecule has 1 saturated heterocycles. The van der Waals surface area contributed by atoms with Crippen molar-refractivity contribution in [2.24, 2.45) is 0 Å². The summed E-state index contributed by atoms with van der Waals surface area (Å²) in [6.07, 6.45) is 4.91. The highest BCUT2D eigenvalue weighted by molar-refractivity contribution is 6.08. The molecule has 1 aliphatic rings. The third-order valence-electron chi connectivity index (χ3n) is 1.83. The monoisotopic (exact) mass is 189 g/mol. The number of pyridine rings is 1. The van der Waals surface area contributed by atoms with E-state index in [1.165, 1.54) is 0 Å². The molecule has 4 heteroatoms. The van der Waals surface area contributed by atoms with Crippen LogP contribution in [-0.2, 0) is 14.3 Å². The lowest BCUT2D eigenvalue weighted by Crippen LogP contribution is -1.96. The van der Waals surface area contributed by atoms with Crippen LogP contribution in [0.4, 0.5) is 0 Å². The van der Waals surface area contributed by atoms with Gasteiger partial charge in [-0.1, -0.05) is 6.07 Å². The summed E-state index contributed by atoms with van der Waals surface area (Å²) in [5.74, 6) is -1.05. The third-order valence-corrected chi connectivity index (χ3v) is 1.83. The van der Waals surface area contributed by atoms with Crippen LogP contribution < -0.4 is 0 Å². The van der Waals surface area contributed by atoms with E-state index in [1.54, 1.807) is 30.6 Å². The Morgan fingerprint density at radius 3 is 2.86 bits per heavy atom. The average Bonchev–Trinajstić information content (AvgIpc) is 2.47. The van der Waals surface area contributed by atoms with Crippen molar-refractivity contribution in [2.45, 2.75) is 6.42 Å². The van der Waals surface area contributed by atoms with Gasteiger partial charge in [0.1, 0.15) is 0 Å². The predicted octanol–water partition coefficient (Wildman–Crippen LogP) is 0.938. The van der Waals surface area contributed by atoms with Crippen molar-refractivity contribution in [2.75, 3.05) is 0 Å². The Hall–Kier alpha value is -1.97. The van der Waals surface area contributed by atoms with E-state index in [9.17, 15) is 9.59 Å². The summed E-state index contributed by atoms with van der Waals surface area (Å²) in [5.41, 5.74) is 1.16. The van der Waals surface area contributed by atoms with Crippen molar-refractivity contribution in [1.29, 1.82) is 0 Å². The highest BCUT2D eigenvalue weighted by atomic mass is 16.6. The number of hydrogen-bond donors (Lipinski definition) is 0. The topological polar surface area (TPSA) is 56.3 Å². The summed E-state index contributed by atoms with van der Waals surface area (Å²) in [7, 11) is 0. The molecule has 0 aliphatic carbocycles. The van der Waals surface area contributed by atoms with E-state index in [4.69, 9.17) is 0 Å². The lowest BCUT2D eigenvalue weighted by atomic mass is 10.1. The Labute approximate surface area is 80.2 Å². The van der Waals surface area contributed by atoms with E-state index in [2.05, 4.69) is 9.72 Å². The van der Waals surface area contributed by atoms with Crippen molar-refractivity contribution < 1.29 is 14.3 Å². The van der Waals surface area contributed by atoms with Gasteiger partial charge in [-0.05, 0) is 17.7 Å². The molecule has 0 aromatic carbocycles. The maximum Gasteiger partial charge on any atom is 0.342 e. The van der Waals surface area contributed by atoms with Gasteiger partial charge >= 0.3 is 11.9 Å². The van der Waals surface area contributed by atoms with E-state index in [0.717, 1.165) is 5.56 Å². The third kappa shape index (κ3) is 1.69. The molecule has 1 aliphatic heterocycles. The minimum atomic E-state index is -0.557.